The smallest absolute Gasteiger partial charge is 0.294 e. The number of nitrogens with zero attached hydrogens (tertiary/aromatic N) is 2. The number of carbonyl (C=O) groups excluding carboxylic acids is 1. The standard InChI is InChI=1S/C17H14ClF3N2O/c18-13-3-1-4-15(11-13)23-10-2-9-22(16(23)24)14-7-5-12(6-8-14)17(19,20)21/h1,3-8,11H,2,9-10H2. The predicted molar refractivity (Wildman–Crippen MR) is 87.6 cm³/mol. The highest BCUT2D eigenvalue weighted by Crippen LogP contribution is 2.32. The number of carbonyl (C=O) groups is 1. The van der Waals surface area contributed by atoms with Crippen LogP contribution in [-0.2, 0) is 6.18 Å². The zero-order chi connectivity index (χ0) is 17.3. The number of anilines is 2. The highest BCUT2D eigenvalue weighted by molar-refractivity contribution is 6.31. The number of benzene rings is 2. The lowest BCUT2D eigenvalue weighted by atomic mass is 10.1. The van der Waals surface area contributed by atoms with Crippen LogP contribution in [0.1, 0.15) is 12.0 Å². The predicted octanol–water partition coefficient (Wildman–Crippen LogP) is 5.20. The van der Waals surface area contributed by atoms with Crippen LogP contribution in [0, 0.1) is 0 Å². The van der Waals surface area contributed by atoms with Gasteiger partial charge in [-0.1, -0.05) is 17.7 Å². The van der Waals surface area contributed by atoms with Crippen LogP contribution in [-0.4, -0.2) is 19.1 Å². The van der Waals surface area contributed by atoms with Gasteiger partial charge in [0.25, 0.3) is 0 Å². The fourth-order valence-corrected chi connectivity index (χ4v) is 2.86. The van der Waals surface area contributed by atoms with Crippen molar-refractivity contribution in [3.63, 3.8) is 0 Å². The van der Waals surface area contributed by atoms with Crippen LogP contribution in [0.2, 0.25) is 5.02 Å². The van der Waals surface area contributed by atoms with Crippen LogP contribution in [0.15, 0.2) is 48.5 Å². The SMILES string of the molecule is O=C1N(c2ccc(C(F)(F)F)cc2)CCCN1c1cccc(Cl)c1. The van der Waals surface area contributed by atoms with Crippen LogP contribution in [0.25, 0.3) is 0 Å². The Kier molecular flexibility index (Phi) is 4.41. The summed E-state index contributed by atoms with van der Waals surface area (Å²) in [5.41, 5.74) is 0.381. The maximum Gasteiger partial charge on any atom is 0.416 e. The number of alkyl halides is 3. The molecule has 0 saturated carbocycles. The number of hydrogen-bond acceptors (Lipinski definition) is 1. The third-order valence-corrected chi connectivity index (χ3v) is 4.09. The Labute approximate surface area is 142 Å². The molecule has 2 amide bonds. The molecule has 2 aromatic carbocycles. The topological polar surface area (TPSA) is 23.6 Å². The Morgan fingerprint density at radius 3 is 2.12 bits per heavy atom. The normalized spacial score (nSPS) is 15.8. The molecule has 1 heterocycles. The number of rotatable bonds is 2. The minimum Gasteiger partial charge on any atom is -0.294 e. The maximum atomic E-state index is 12.7. The molecule has 3 rings (SSSR count). The summed E-state index contributed by atoms with van der Waals surface area (Å²) < 4.78 is 38.0. The molecule has 1 saturated heterocycles. The van der Waals surface area contributed by atoms with Gasteiger partial charge in [-0.2, -0.15) is 13.2 Å². The van der Waals surface area contributed by atoms with Crippen molar-refractivity contribution in [2.24, 2.45) is 0 Å². The summed E-state index contributed by atoms with van der Waals surface area (Å²) in [5.74, 6) is 0. The first kappa shape index (κ1) is 16.6. The molecular formula is C17H14ClF3N2O. The lowest BCUT2D eigenvalue weighted by molar-refractivity contribution is -0.137. The molecule has 1 fully saturated rings. The summed E-state index contributed by atoms with van der Waals surface area (Å²) >= 11 is 5.97. The molecule has 0 bridgehead atoms. The minimum atomic E-state index is -4.39. The van der Waals surface area contributed by atoms with E-state index < -0.39 is 11.7 Å². The number of amides is 2. The van der Waals surface area contributed by atoms with Crippen molar-refractivity contribution in [2.75, 3.05) is 22.9 Å². The molecule has 0 radical (unpaired) electrons. The Morgan fingerprint density at radius 1 is 0.917 bits per heavy atom. The van der Waals surface area contributed by atoms with E-state index in [1.54, 1.807) is 29.2 Å². The van der Waals surface area contributed by atoms with Gasteiger partial charge in [0.2, 0.25) is 0 Å². The van der Waals surface area contributed by atoms with E-state index in [1.165, 1.54) is 17.0 Å². The van der Waals surface area contributed by atoms with Crippen molar-refractivity contribution >= 4 is 29.0 Å². The van der Waals surface area contributed by atoms with Gasteiger partial charge in [0.15, 0.2) is 0 Å². The lowest BCUT2D eigenvalue weighted by Gasteiger charge is -2.35. The summed E-state index contributed by atoms with van der Waals surface area (Å²) in [6, 6.07) is 11.3. The second-order valence-corrected chi connectivity index (χ2v) is 5.90. The zero-order valence-electron chi connectivity index (χ0n) is 12.6. The molecule has 0 atom stereocenters. The number of halogens is 4. The first-order valence-electron chi connectivity index (χ1n) is 7.38. The van der Waals surface area contributed by atoms with Crippen LogP contribution >= 0.6 is 11.6 Å². The van der Waals surface area contributed by atoms with E-state index in [-0.39, 0.29) is 6.03 Å². The molecule has 0 aliphatic carbocycles. The van der Waals surface area contributed by atoms with E-state index in [1.807, 2.05) is 0 Å². The summed E-state index contributed by atoms with van der Waals surface area (Å²) in [4.78, 5) is 15.8. The van der Waals surface area contributed by atoms with Crippen molar-refractivity contribution in [2.45, 2.75) is 12.6 Å². The summed E-state index contributed by atoms with van der Waals surface area (Å²) in [6.07, 6.45) is -3.68. The molecule has 0 unspecified atom stereocenters. The van der Waals surface area contributed by atoms with Crippen molar-refractivity contribution in [3.05, 3.63) is 59.1 Å². The fraction of sp³-hybridized carbons (Fsp3) is 0.235. The highest BCUT2D eigenvalue weighted by atomic mass is 35.5. The Morgan fingerprint density at radius 2 is 1.54 bits per heavy atom. The van der Waals surface area contributed by atoms with Gasteiger partial charge in [-0.05, 0) is 48.9 Å². The lowest BCUT2D eigenvalue weighted by Crippen LogP contribution is -2.49. The third kappa shape index (κ3) is 3.33. The fourth-order valence-electron chi connectivity index (χ4n) is 2.68. The number of urea groups is 1. The van der Waals surface area contributed by atoms with E-state index in [2.05, 4.69) is 0 Å². The van der Waals surface area contributed by atoms with E-state index in [9.17, 15) is 18.0 Å². The van der Waals surface area contributed by atoms with Crippen molar-refractivity contribution in [3.8, 4) is 0 Å². The van der Waals surface area contributed by atoms with Crippen molar-refractivity contribution in [1.82, 2.24) is 0 Å². The first-order chi connectivity index (χ1) is 11.4. The minimum absolute atomic E-state index is 0.275. The van der Waals surface area contributed by atoms with Crippen molar-refractivity contribution < 1.29 is 18.0 Å². The quantitative estimate of drug-likeness (QED) is 0.727. The van der Waals surface area contributed by atoms with Crippen LogP contribution in [0.4, 0.5) is 29.3 Å². The van der Waals surface area contributed by atoms with E-state index in [4.69, 9.17) is 11.6 Å². The van der Waals surface area contributed by atoms with Gasteiger partial charge in [0.05, 0.1) is 5.56 Å². The molecule has 1 aliphatic rings. The molecular weight excluding hydrogens is 341 g/mol. The van der Waals surface area contributed by atoms with Crippen LogP contribution in [0.3, 0.4) is 0 Å². The average molecular weight is 355 g/mol. The Hall–Kier alpha value is -2.21. The highest BCUT2D eigenvalue weighted by Gasteiger charge is 2.32. The molecule has 2 aromatic rings. The summed E-state index contributed by atoms with van der Waals surface area (Å²) in [6.45, 7) is 0.998. The molecule has 24 heavy (non-hydrogen) atoms. The monoisotopic (exact) mass is 354 g/mol. The summed E-state index contributed by atoms with van der Waals surface area (Å²) in [5, 5.41) is 0.520. The Balaban J connectivity index is 1.85. The molecule has 126 valence electrons. The molecule has 0 N–H and O–H groups in total. The van der Waals surface area contributed by atoms with Gasteiger partial charge >= 0.3 is 12.2 Å². The second-order valence-electron chi connectivity index (χ2n) is 5.46. The van der Waals surface area contributed by atoms with Gasteiger partial charge in [-0.3, -0.25) is 9.80 Å². The van der Waals surface area contributed by atoms with Crippen LogP contribution < -0.4 is 9.80 Å². The molecule has 1 aliphatic heterocycles. The van der Waals surface area contributed by atoms with Gasteiger partial charge in [0.1, 0.15) is 0 Å². The van der Waals surface area contributed by atoms with Gasteiger partial charge < -0.3 is 0 Å². The zero-order valence-corrected chi connectivity index (χ0v) is 13.3. The number of hydrogen-bond donors (Lipinski definition) is 0. The van der Waals surface area contributed by atoms with Gasteiger partial charge in [0, 0.05) is 29.5 Å². The molecule has 7 heteroatoms. The summed E-state index contributed by atoms with van der Waals surface area (Å²) in [7, 11) is 0. The van der Waals surface area contributed by atoms with Crippen LogP contribution in [0.5, 0.6) is 0 Å². The molecule has 0 spiro atoms. The van der Waals surface area contributed by atoms with E-state index >= 15 is 0 Å². The largest absolute Gasteiger partial charge is 0.416 e. The Bertz CT molecular complexity index is 746. The first-order valence-corrected chi connectivity index (χ1v) is 7.76. The van der Waals surface area contributed by atoms with E-state index in [0.29, 0.717) is 35.9 Å². The second kappa shape index (κ2) is 6.36. The van der Waals surface area contributed by atoms with E-state index in [0.717, 1.165) is 12.1 Å². The maximum absolute atomic E-state index is 12.7. The van der Waals surface area contributed by atoms with Gasteiger partial charge in [-0.15, -0.1) is 0 Å². The molecule has 0 aromatic heterocycles. The third-order valence-electron chi connectivity index (χ3n) is 3.85. The molecule has 3 nitrogen and oxygen atoms in total. The van der Waals surface area contributed by atoms with Crippen molar-refractivity contribution in [1.29, 1.82) is 0 Å². The van der Waals surface area contributed by atoms with Gasteiger partial charge in [-0.25, -0.2) is 4.79 Å². The average Bonchev–Trinajstić information content (AvgIpc) is 2.54.